The average molecular weight is 691 g/mol. The third-order valence-corrected chi connectivity index (χ3v) is 6.55. The molecule has 0 spiro atoms. The third kappa shape index (κ3) is 10.6. The number of hydrogen-bond donors (Lipinski definition) is 1. The quantitative estimate of drug-likeness (QED) is 0.139. The molecule has 0 saturated heterocycles. The molecule has 0 aliphatic rings. The van der Waals surface area contributed by atoms with Gasteiger partial charge in [-0.1, -0.05) is 54.5 Å². The van der Waals surface area contributed by atoms with E-state index in [0.717, 1.165) is 35.4 Å². The number of aromatic amines is 1. The fourth-order valence-corrected chi connectivity index (χ4v) is 4.11. The molecular weight excluding hydrogens is 662 g/mol. The number of alkyl halides is 6. The Labute approximate surface area is 283 Å². The second-order valence-corrected chi connectivity index (χ2v) is 10.0. The molecule has 1 N–H and O–H groups in total. The van der Waals surface area contributed by atoms with Crippen LogP contribution in [0.1, 0.15) is 22.3 Å². The molecule has 8 nitrogen and oxygen atoms in total. The summed E-state index contributed by atoms with van der Waals surface area (Å²) in [6, 6.07) is 25.9. The van der Waals surface area contributed by atoms with Crippen LogP contribution in [0.2, 0.25) is 0 Å². The maximum Gasteiger partial charge on any atom is 0.416 e. The number of nitrogens with one attached hydrogen (secondary N) is 1. The van der Waals surface area contributed by atoms with Crippen LogP contribution >= 0.6 is 0 Å². The number of methoxy groups -OCH3 is 2. The van der Waals surface area contributed by atoms with Gasteiger partial charge < -0.3 is 9.47 Å². The molecule has 256 valence electrons. The predicted octanol–water partition coefficient (Wildman–Crippen LogP) is 8.77. The van der Waals surface area contributed by atoms with Gasteiger partial charge in [0, 0.05) is 22.9 Å². The van der Waals surface area contributed by atoms with Gasteiger partial charge in [-0.25, -0.2) is 14.6 Å². The van der Waals surface area contributed by atoms with Gasteiger partial charge in [0.25, 0.3) is 0 Å². The summed E-state index contributed by atoms with van der Waals surface area (Å²) in [5, 5.41) is 10.3. The Balaban J connectivity index is 0.000000192. The average Bonchev–Trinajstić information content (AvgIpc) is 3.85. The van der Waals surface area contributed by atoms with Crippen molar-refractivity contribution in [2.24, 2.45) is 0 Å². The summed E-state index contributed by atoms with van der Waals surface area (Å²) in [5.74, 6) is 3.18. The number of hydrogen-bond acceptors (Lipinski definition) is 6. The van der Waals surface area contributed by atoms with Crippen molar-refractivity contribution in [1.29, 1.82) is 0 Å². The lowest BCUT2D eigenvalue weighted by Crippen LogP contribution is -2.05. The van der Waals surface area contributed by atoms with Crippen molar-refractivity contribution in [3.8, 4) is 46.6 Å². The summed E-state index contributed by atoms with van der Waals surface area (Å²) in [7, 11) is 2.62. The van der Waals surface area contributed by atoms with E-state index in [9.17, 15) is 26.3 Å². The Morgan fingerprint density at radius 3 is 1.80 bits per heavy atom. The summed E-state index contributed by atoms with van der Waals surface area (Å²) < 4.78 is 88.1. The van der Waals surface area contributed by atoms with Crippen LogP contribution in [-0.2, 0) is 12.4 Å². The fourth-order valence-electron chi connectivity index (χ4n) is 4.11. The first kappa shape index (κ1) is 36.5. The Hall–Kier alpha value is -6.36. The van der Waals surface area contributed by atoms with Gasteiger partial charge in [-0.3, -0.25) is 5.10 Å². The molecule has 0 unspecified atom stereocenters. The van der Waals surface area contributed by atoms with Gasteiger partial charge in [0.1, 0.15) is 24.2 Å². The van der Waals surface area contributed by atoms with Gasteiger partial charge in [-0.15, -0.1) is 11.5 Å². The monoisotopic (exact) mass is 690 g/mol. The van der Waals surface area contributed by atoms with Crippen LogP contribution in [0.15, 0.2) is 110 Å². The number of H-pyrrole nitrogens is 1. The van der Waals surface area contributed by atoms with Crippen molar-refractivity contribution >= 4 is 12.3 Å². The van der Waals surface area contributed by atoms with Crippen LogP contribution < -0.4 is 9.47 Å². The highest BCUT2D eigenvalue weighted by atomic mass is 19.4. The molecule has 0 bridgehead atoms. The van der Waals surface area contributed by atoms with Crippen molar-refractivity contribution in [2.45, 2.75) is 12.4 Å². The van der Waals surface area contributed by atoms with Crippen molar-refractivity contribution < 1.29 is 35.8 Å². The van der Waals surface area contributed by atoms with E-state index in [2.05, 4.69) is 31.2 Å². The number of aromatic nitrogens is 6. The van der Waals surface area contributed by atoms with Gasteiger partial charge in [0.05, 0.1) is 25.3 Å². The molecule has 0 fully saturated rings. The zero-order valence-electron chi connectivity index (χ0n) is 26.4. The highest BCUT2D eigenvalue weighted by Gasteiger charge is 2.32. The van der Waals surface area contributed by atoms with Gasteiger partial charge in [-0.05, 0) is 60.2 Å². The summed E-state index contributed by atoms with van der Waals surface area (Å²) >= 11 is 0. The van der Waals surface area contributed by atoms with E-state index in [4.69, 9.17) is 15.9 Å². The van der Waals surface area contributed by atoms with Crippen molar-refractivity contribution in [1.82, 2.24) is 29.9 Å². The first-order chi connectivity index (χ1) is 23.9. The predicted molar refractivity (Wildman–Crippen MR) is 176 cm³/mol. The normalized spacial score (nSPS) is 11.1. The molecule has 0 radical (unpaired) electrons. The maximum absolute atomic E-state index is 13.0. The highest BCUT2D eigenvalue weighted by Crippen LogP contribution is 2.36. The Kier molecular flexibility index (Phi) is 12.1. The molecule has 14 heteroatoms. The molecule has 0 aliphatic carbocycles. The van der Waals surface area contributed by atoms with E-state index in [1.54, 1.807) is 6.20 Å². The SMILES string of the molecule is C#Cc1ccccc1.COc1cc(-c2ncn(/C=C\c3ccccc3)n2)cc(C(F)(F)F)c1.COc1cc(-c2ncn[nH]2)cc(C(F)(F)F)c1. The van der Waals surface area contributed by atoms with Crippen molar-refractivity contribution in [3.05, 3.63) is 132 Å². The van der Waals surface area contributed by atoms with E-state index in [0.29, 0.717) is 0 Å². The first-order valence-electron chi connectivity index (χ1n) is 14.4. The standard InChI is InChI=1S/C18H14F3N3O.C10H8F3N3O.C8H6/c1-25-16-10-14(9-15(11-16)18(19,20)21)17-22-12-24(23-17)8-7-13-5-3-2-4-6-13;1-17-8-3-6(9-14-5-15-16-9)2-7(4-8)10(11,12)13;1-2-8-6-4-3-5-7-8/h2-12H,1H3;2-5H,1H3,(H,14,15,16);1,3-7H/b8-7-;;. The molecule has 4 aromatic carbocycles. The largest absolute Gasteiger partial charge is 0.497 e. The molecule has 0 amide bonds. The Morgan fingerprint density at radius 1 is 0.740 bits per heavy atom. The zero-order valence-corrected chi connectivity index (χ0v) is 26.4. The number of terminal acetylenes is 1. The van der Waals surface area contributed by atoms with Crippen LogP contribution in [0.3, 0.4) is 0 Å². The van der Waals surface area contributed by atoms with Gasteiger partial charge in [0.15, 0.2) is 11.6 Å². The summed E-state index contributed by atoms with van der Waals surface area (Å²) in [4.78, 5) is 7.87. The van der Waals surface area contributed by atoms with E-state index in [1.165, 1.54) is 43.7 Å². The third-order valence-electron chi connectivity index (χ3n) is 6.55. The molecule has 0 atom stereocenters. The number of benzene rings is 4. The lowest BCUT2D eigenvalue weighted by Gasteiger charge is -2.10. The van der Waals surface area contributed by atoms with Gasteiger partial charge >= 0.3 is 12.4 Å². The number of ether oxygens (including phenoxy) is 2. The number of rotatable bonds is 6. The molecule has 2 aromatic heterocycles. The minimum atomic E-state index is -4.47. The molecule has 6 rings (SSSR count). The molecule has 6 aromatic rings. The minimum Gasteiger partial charge on any atom is -0.497 e. The molecule has 50 heavy (non-hydrogen) atoms. The summed E-state index contributed by atoms with van der Waals surface area (Å²) in [5.41, 5.74) is 0.821. The zero-order chi connectivity index (χ0) is 36.1. The highest BCUT2D eigenvalue weighted by molar-refractivity contribution is 5.62. The van der Waals surface area contributed by atoms with E-state index < -0.39 is 23.5 Å². The van der Waals surface area contributed by atoms with Crippen LogP contribution in [0.4, 0.5) is 26.3 Å². The Bertz CT molecular complexity index is 2020. The fraction of sp³-hybridized carbons (Fsp3) is 0.111. The Morgan fingerprint density at radius 2 is 1.30 bits per heavy atom. The minimum absolute atomic E-state index is 0.0982. The van der Waals surface area contributed by atoms with Gasteiger partial charge in [-0.2, -0.15) is 31.4 Å². The lowest BCUT2D eigenvalue weighted by molar-refractivity contribution is -0.138. The van der Waals surface area contributed by atoms with Crippen LogP contribution in [0, 0.1) is 12.3 Å². The maximum atomic E-state index is 13.0. The van der Waals surface area contributed by atoms with Gasteiger partial charge in [0.2, 0.25) is 0 Å². The topological polar surface area (TPSA) is 90.7 Å². The van der Waals surface area contributed by atoms with Crippen LogP contribution in [0.25, 0.3) is 35.1 Å². The first-order valence-corrected chi connectivity index (χ1v) is 14.4. The second kappa shape index (κ2) is 16.6. The number of nitrogens with zero attached hydrogens (tertiary/aromatic N) is 5. The lowest BCUT2D eigenvalue weighted by atomic mass is 10.1. The second-order valence-electron chi connectivity index (χ2n) is 10.0. The van der Waals surface area contributed by atoms with E-state index in [1.807, 2.05) is 66.7 Å². The van der Waals surface area contributed by atoms with Crippen molar-refractivity contribution in [2.75, 3.05) is 14.2 Å². The summed E-state index contributed by atoms with van der Waals surface area (Å²) in [6.45, 7) is 0. The number of halogens is 6. The molecule has 2 heterocycles. The van der Waals surface area contributed by atoms with E-state index >= 15 is 0 Å². The smallest absolute Gasteiger partial charge is 0.416 e. The molecule has 0 aliphatic heterocycles. The summed E-state index contributed by atoms with van der Waals surface area (Å²) in [6.07, 6.45) is 2.36. The molecule has 0 saturated carbocycles. The van der Waals surface area contributed by atoms with Crippen LogP contribution in [-0.4, -0.2) is 44.2 Å². The van der Waals surface area contributed by atoms with E-state index in [-0.39, 0.29) is 34.3 Å². The molecular formula is C36H28F6N6O2. The van der Waals surface area contributed by atoms with Crippen molar-refractivity contribution in [3.63, 3.8) is 0 Å². The van der Waals surface area contributed by atoms with Crippen LogP contribution in [0.5, 0.6) is 11.5 Å².